The molecule has 0 aromatic carbocycles. The predicted molar refractivity (Wildman–Crippen MR) is 74.3 cm³/mol. The van der Waals surface area contributed by atoms with Crippen LogP contribution >= 0.6 is 0 Å². The van der Waals surface area contributed by atoms with Crippen molar-refractivity contribution in [2.45, 2.75) is 39.7 Å². The van der Waals surface area contributed by atoms with Crippen LogP contribution in [0.25, 0.3) is 0 Å². The molecule has 2 rings (SSSR count). The number of rotatable bonds is 3. The van der Waals surface area contributed by atoms with Crippen LogP contribution in [0.15, 0.2) is 21.8 Å². The van der Waals surface area contributed by atoms with Gasteiger partial charge >= 0.3 is 0 Å². The number of carbonyl (C=O) groups excluding carboxylic acids is 1. The minimum atomic E-state index is -0.204. The summed E-state index contributed by atoms with van der Waals surface area (Å²) < 4.78 is 5.10. The maximum Gasteiger partial charge on any atom is 0.274 e. The highest BCUT2D eigenvalue weighted by Crippen LogP contribution is 2.11. The Bertz CT molecular complexity index is 467. The molecule has 0 atom stereocenters. The first-order chi connectivity index (χ1) is 9.08. The van der Waals surface area contributed by atoms with Gasteiger partial charge < -0.3 is 9.32 Å². The van der Waals surface area contributed by atoms with E-state index in [1.165, 1.54) is 6.26 Å². The maximum atomic E-state index is 11.9. The van der Waals surface area contributed by atoms with Gasteiger partial charge in [-0.3, -0.25) is 4.79 Å². The van der Waals surface area contributed by atoms with Crippen LogP contribution in [0.1, 0.15) is 42.8 Å². The molecule has 1 aliphatic rings. The van der Waals surface area contributed by atoms with E-state index in [1.54, 1.807) is 13.0 Å². The fraction of sp³-hybridized carbons (Fsp3) is 0.571. The third-order valence-electron chi connectivity index (χ3n) is 3.52. The van der Waals surface area contributed by atoms with Crippen LogP contribution in [0.3, 0.4) is 0 Å². The van der Waals surface area contributed by atoms with Gasteiger partial charge in [0.1, 0.15) is 5.76 Å². The minimum Gasteiger partial charge on any atom is -0.469 e. The summed E-state index contributed by atoms with van der Waals surface area (Å²) in [5.74, 6) is 0.414. The second kappa shape index (κ2) is 6.02. The van der Waals surface area contributed by atoms with Gasteiger partial charge in [0, 0.05) is 37.7 Å². The zero-order chi connectivity index (χ0) is 13.8. The Kier molecular flexibility index (Phi) is 4.37. The van der Waals surface area contributed by atoms with Gasteiger partial charge in [-0.25, -0.2) is 5.43 Å². The van der Waals surface area contributed by atoms with Gasteiger partial charge in [0.15, 0.2) is 0 Å². The van der Waals surface area contributed by atoms with E-state index < -0.39 is 0 Å². The minimum absolute atomic E-state index is 0.204. The summed E-state index contributed by atoms with van der Waals surface area (Å²) in [6.45, 7) is 8.19. The molecular formula is C14H21N3O2. The van der Waals surface area contributed by atoms with Crippen molar-refractivity contribution >= 4 is 11.6 Å². The molecule has 0 saturated carbocycles. The molecule has 1 N–H and O–H groups in total. The lowest BCUT2D eigenvalue weighted by molar-refractivity contribution is 0.0952. The molecular weight excluding hydrogens is 242 g/mol. The predicted octanol–water partition coefficient (Wildman–Crippen LogP) is 2.18. The Morgan fingerprint density at radius 1 is 1.42 bits per heavy atom. The summed E-state index contributed by atoms with van der Waals surface area (Å²) in [7, 11) is 0. The Labute approximate surface area is 113 Å². The van der Waals surface area contributed by atoms with Crippen molar-refractivity contribution in [3.63, 3.8) is 0 Å². The number of nitrogens with one attached hydrogen (secondary N) is 1. The largest absolute Gasteiger partial charge is 0.469 e. The van der Waals surface area contributed by atoms with Gasteiger partial charge in [-0.1, -0.05) is 0 Å². The number of piperidine rings is 1. The van der Waals surface area contributed by atoms with E-state index in [1.807, 2.05) is 0 Å². The van der Waals surface area contributed by atoms with E-state index in [9.17, 15) is 4.79 Å². The highest BCUT2D eigenvalue weighted by atomic mass is 16.3. The number of hydrazone groups is 1. The third-order valence-corrected chi connectivity index (χ3v) is 3.52. The SMILES string of the molecule is Cc1occc1C(=O)NN=C1CCN(C(C)C)CC1. The number of likely N-dealkylation sites (tertiary alicyclic amines) is 1. The van der Waals surface area contributed by atoms with Gasteiger partial charge in [-0.15, -0.1) is 0 Å². The topological polar surface area (TPSA) is 57.8 Å². The molecule has 1 saturated heterocycles. The van der Waals surface area contributed by atoms with E-state index in [4.69, 9.17) is 4.42 Å². The summed E-state index contributed by atoms with van der Waals surface area (Å²) in [6, 6.07) is 2.23. The Morgan fingerprint density at radius 3 is 2.63 bits per heavy atom. The van der Waals surface area contributed by atoms with Crippen LogP contribution in [-0.4, -0.2) is 35.7 Å². The van der Waals surface area contributed by atoms with Crippen molar-refractivity contribution in [2.75, 3.05) is 13.1 Å². The molecule has 0 spiro atoms. The average molecular weight is 263 g/mol. The highest BCUT2D eigenvalue weighted by molar-refractivity contribution is 5.96. The normalized spacial score (nSPS) is 16.7. The van der Waals surface area contributed by atoms with Crippen molar-refractivity contribution < 1.29 is 9.21 Å². The second-order valence-electron chi connectivity index (χ2n) is 5.14. The monoisotopic (exact) mass is 263 g/mol. The smallest absolute Gasteiger partial charge is 0.274 e. The quantitative estimate of drug-likeness (QED) is 0.850. The number of hydrogen-bond donors (Lipinski definition) is 1. The first-order valence-electron chi connectivity index (χ1n) is 6.72. The Morgan fingerprint density at radius 2 is 2.11 bits per heavy atom. The molecule has 1 aliphatic heterocycles. The van der Waals surface area contributed by atoms with Crippen molar-refractivity contribution in [2.24, 2.45) is 5.10 Å². The van der Waals surface area contributed by atoms with Crippen LogP contribution in [0.2, 0.25) is 0 Å². The summed E-state index contributed by atoms with van der Waals surface area (Å²) >= 11 is 0. The third kappa shape index (κ3) is 3.44. The highest BCUT2D eigenvalue weighted by Gasteiger charge is 2.17. The number of nitrogens with zero attached hydrogens (tertiary/aromatic N) is 2. The lowest BCUT2D eigenvalue weighted by Gasteiger charge is -2.30. The van der Waals surface area contributed by atoms with Gasteiger partial charge in [0.05, 0.1) is 11.8 Å². The standard InChI is InChI=1S/C14H21N3O2/c1-10(2)17-7-4-12(5-8-17)15-16-14(18)13-6-9-19-11(13)3/h6,9-10H,4-5,7-8H2,1-3H3,(H,16,18). The first kappa shape index (κ1) is 13.8. The zero-order valence-electron chi connectivity index (χ0n) is 11.8. The lowest BCUT2D eigenvalue weighted by Crippen LogP contribution is -2.39. The molecule has 1 aromatic rings. The van der Waals surface area contributed by atoms with Gasteiger partial charge in [0.25, 0.3) is 5.91 Å². The first-order valence-corrected chi connectivity index (χ1v) is 6.72. The van der Waals surface area contributed by atoms with E-state index in [0.717, 1.165) is 31.6 Å². The van der Waals surface area contributed by atoms with Crippen molar-refractivity contribution in [1.82, 2.24) is 10.3 Å². The van der Waals surface area contributed by atoms with Crippen molar-refractivity contribution in [3.8, 4) is 0 Å². The number of furan rings is 1. The summed E-state index contributed by atoms with van der Waals surface area (Å²) in [5, 5.41) is 4.22. The van der Waals surface area contributed by atoms with Gasteiger partial charge in [-0.05, 0) is 26.8 Å². The molecule has 1 amide bonds. The average Bonchev–Trinajstić information content (AvgIpc) is 2.83. The van der Waals surface area contributed by atoms with Crippen LogP contribution in [-0.2, 0) is 0 Å². The molecule has 1 aromatic heterocycles. The molecule has 1 fully saturated rings. The lowest BCUT2D eigenvalue weighted by atomic mass is 10.1. The number of carbonyl (C=O) groups is 1. The van der Waals surface area contributed by atoms with Crippen LogP contribution < -0.4 is 5.43 Å². The molecule has 19 heavy (non-hydrogen) atoms. The Hall–Kier alpha value is -1.62. The molecule has 104 valence electrons. The summed E-state index contributed by atoms with van der Waals surface area (Å²) in [4.78, 5) is 14.3. The van der Waals surface area contributed by atoms with E-state index in [2.05, 4.69) is 29.3 Å². The van der Waals surface area contributed by atoms with E-state index in [0.29, 0.717) is 17.4 Å². The van der Waals surface area contributed by atoms with E-state index in [-0.39, 0.29) is 5.91 Å². The maximum absolute atomic E-state index is 11.9. The Balaban J connectivity index is 1.87. The van der Waals surface area contributed by atoms with Gasteiger partial charge in [-0.2, -0.15) is 5.10 Å². The number of hydrogen-bond acceptors (Lipinski definition) is 4. The molecule has 0 radical (unpaired) electrons. The molecule has 0 bridgehead atoms. The number of aryl methyl sites for hydroxylation is 1. The van der Waals surface area contributed by atoms with Crippen LogP contribution in [0, 0.1) is 6.92 Å². The fourth-order valence-electron chi connectivity index (χ4n) is 2.22. The summed E-state index contributed by atoms with van der Waals surface area (Å²) in [6.07, 6.45) is 3.35. The molecule has 0 unspecified atom stereocenters. The van der Waals surface area contributed by atoms with Crippen molar-refractivity contribution in [3.05, 3.63) is 23.7 Å². The summed E-state index contributed by atoms with van der Waals surface area (Å²) in [5.41, 5.74) is 4.22. The molecule has 5 nitrogen and oxygen atoms in total. The second-order valence-corrected chi connectivity index (χ2v) is 5.14. The van der Waals surface area contributed by atoms with Crippen LogP contribution in [0.5, 0.6) is 0 Å². The number of amides is 1. The molecule has 2 heterocycles. The molecule has 0 aliphatic carbocycles. The van der Waals surface area contributed by atoms with Gasteiger partial charge in [0.2, 0.25) is 0 Å². The van der Waals surface area contributed by atoms with Crippen LogP contribution in [0.4, 0.5) is 0 Å². The molecule has 5 heteroatoms. The van der Waals surface area contributed by atoms with E-state index >= 15 is 0 Å². The fourth-order valence-corrected chi connectivity index (χ4v) is 2.22. The van der Waals surface area contributed by atoms with Crippen molar-refractivity contribution in [1.29, 1.82) is 0 Å². The zero-order valence-corrected chi connectivity index (χ0v) is 11.8.